The van der Waals surface area contributed by atoms with Gasteiger partial charge in [0.1, 0.15) is 5.78 Å². The first-order valence-electron chi connectivity index (χ1n) is 9.41. The molecular weight excluding hydrogens is 332 g/mol. The summed E-state index contributed by atoms with van der Waals surface area (Å²) in [4.78, 5) is 17.9. The third kappa shape index (κ3) is 3.13. The van der Waals surface area contributed by atoms with Gasteiger partial charge in [0.2, 0.25) is 0 Å². The van der Waals surface area contributed by atoms with Gasteiger partial charge in [0.15, 0.2) is 0 Å². The van der Waals surface area contributed by atoms with Crippen LogP contribution in [0.15, 0.2) is 70.9 Å². The van der Waals surface area contributed by atoms with E-state index in [0.29, 0.717) is 12.0 Å². The molecule has 3 heteroatoms. The van der Waals surface area contributed by atoms with Crippen LogP contribution in [0.1, 0.15) is 48.3 Å². The minimum absolute atomic E-state index is 0.170. The molecule has 1 saturated carbocycles. The number of allylic oxidation sites excluding steroid dienone is 2. The number of benzene rings is 2. The van der Waals surface area contributed by atoms with Gasteiger partial charge in [-0.3, -0.25) is 9.79 Å². The molecule has 3 nitrogen and oxygen atoms in total. The molecule has 0 aromatic heterocycles. The Balaban J connectivity index is 1.76. The van der Waals surface area contributed by atoms with E-state index in [1.165, 1.54) is 11.1 Å². The largest absolute Gasteiger partial charge is 0.299 e. The van der Waals surface area contributed by atoms with Gasteiger partial charge in [-0.2, -0.15) is 5.26 Å². The molecule has 1 fully saturated rings. The summed E-state index contributed by atoms with van der Waals surface area (Å²) in [5.74, 6) is -0.165. The van der Waals surface area contributed by atoms with Crippen LogP contribution >= 0.6 is 0 Å². The Morgan fingerprint density at radius 2 is 1.63 bits per heavy atom. The number of hydrogen-bond acceptors (Lipinski definition) is 3. The summed E-state index contributed by atoms with van der Waals surface area (Å²) in [5.41, 5.74) is 5.69. The maximum absolute atomic E-state index is 13.2. The average Bonchev–Trinajstić information content (AvgIpc) is 2.68. The zero-order valence-corrected chi connectivity index (χ0v) is 15.6. The van der Waals surface area contributed by atoms with Crippen LogP contribution in [0.4, 0.5) is 0 Å². The van der Waals surface area contributed by atoms with Crippen molar-refractivity contribution in [1.82, 2.24) is 0 Å². The summed E-state index contributed by atoms with van der Waals surface area (Å²) in [7, 11) is 0. The summed E-state index contributed by atoms with van der Waals surface area (Å²) in [5, 5.41) is 9.77. The number of carbonyl (C=O) groups excluding carboxylic acids is 1. The van der Waals surface area contributed by atoms with Crippen molar-refractivity contribution in [2.75, 3.05) is 0 Å². The minimum Gasteiger partial charge on any atom is -0.299 e. The van der Waals surface area contributed by atoms with Gasteiger partial charge in [-0.05, 0) is 37.3 Å². The second-order valence-corrected chi connectivity index (χ2v) is 7.56. The summed E-state index contributed by atoms with van der Waals surface area (Å²) in [6.45, 7) is 3.93. The number of ketones is 1. The summed E-state index contributed by atoms with van der Waals surface area (Å²) in [6, 6.07) is 20.7. The van der Waals surface area contributed by atoms with Crippen molar-refractivity contribution in [2.24, 2.45) is 10.9 Å². The lowest BCUT2D eigenvalue weighted by Gasteiger charge is -2.37. The molecule has 2 aromatic rings. The van der Waals surface area contributed by atoms with E-state index in [0.717, 1.165) is 23.4 Å². The van der Waals surface area contributed by atoms with Crippen LogP contribution in [-0.4, -0.2) is 11.5 Å². The van der Waals surface area contributed by atoms with Crippen LogP contribution < -0.4 is 0 Å². The van der Waals surface area contributed by atoms with Crippen molar-refractivity contribution in [3.8, 4) is 6.07 Å². The summed E-state index contributed by atoms with van der Waals surface area (Å²) < 4.78 is 0. The van der Waals surface area contributed by atoms with Crippen LogP contribution in [0, 0.1) is 24.2 Å². The molecule has 1 heterocycles. The molecule has 0 radical (unpaired) electrons. The molecular formula is C24H22N2O. The Morgan fingerprint density at radius 1 is 0.926 bits per heavy atom. The number of carbonyl (C=O) groups is 1. The molecule has 1 aliphatic heterocycles. The highest BCUT2D eigenvalue weighted by Crippen LogP contribution is 2.45. The lowest BCUT2D eigenvalue weighted by molar-refractivity contribution is -0.122. The van der Waals surface area contributed by atoms with Crippen molar-refractivity contribution < 1.29 is 4.79 Å². The highest BCUT2D eigenvalue weighted by Gasteiger charge is 2.44. The van der Waals surface area contributed by atoms with Crippen molar-refractivity contribution in [3.63, 3.8) is 0 Å². The number of aliphatic imine (C=N–C) groups is 1. The van der Waals surface area contributed by atoms with Crippen molar-refractivity contribution in [2.45, 2.75) is 38.5 Å². The second kappa shape index (κ2) is 6.96. The maximum Gasteiger partial charge on any atom is 0.143 e. The first-order chi connectivity index (χ1) is 13.1. The molecule has 0 unspecified atom stereocenters. The number of rotatable bonds is 2. The van der Waals surface area contributed by atoms with E-state index < -0.39 is 0 Å². The topological polar surface area (TPSA) is 53.2 Å². The van der Waals surface area contributed by atoms with Crippen LogP contribution in [-0.2, 0) is 4.79 Å². The van der Waals surface area contributed by atoms with Gasteiger partial charge in [0.05, 0.1) is 23.3 Å². The Morgan fingerprint density at radius 3 is 2.30 bits per heavy atom. The highest BCUT2D eigenvalue weighted by atomic mass is 16.1. The van der Waals surface area contributed by atoms with E-state index in [2.05, 4.69) is 18.2 Å². The number of Topliss-reactive ketones (excluding diaryl/α,β-unsaturated/α-hetero) is 1. The quantitative estimate of drug-likeness (QED) is 0.754. The zero-order chi connectivity index (χ0) is 19.0. The molecule has 3 atom stereocenters. The van der Waals surface area contributed by atoms with Crippen molar-refractivity contribution >= 4 is 11.5 Å². The van der Waals surface area contributed by atoms with Crippen molar-refractivity contribution in [3.05, 3.63) is 82.6 Å². The third-order valence-electron chi connectivity index (χ3n) is 5.78. The smallest absolute Gasteiger partial charge is 0.143 e. The van der Waals surface area contributed by atoms with Gasteiger partial charge in [-0.25, -0.2) is 0 Å². The van der Waals surface area contributed by atoms with Crippen LogP contribution in [0.2, 0.25) is 0 Å². The Bertz CT molecular complexity index is 977. The molecule has 2 aliphatic rings. The lowest BCUT2D eigenvalue weighted by Crippen LogP contribution is -2.39. The van der Waals surface area contributed by atoms with Gasteiger partial charge in [0, 0.05) is 18.1 Å². The Kier molecular flexibility index (Phi) is 4.49. The van der Waals surface area contributed by atoms with Gasteiger partial charge < -0.3 is 0 Å². The van der Waals surface area contributed by atoms with E-state index in [1.807, 2.05) is 56.3 Å². The number of aryl methyl sites for hydroxylation is 1. The second-order valence-electron chi connectivity index (χ2n) is 7.56. The van der Waals surface area contributed by atoms with E-state index in [-0.39, 0.29) is 23.5 Å². The molecule has 1 aliphatic carbocycles. The van der Waals surface area contributed by atoms with E-state index in [4.69, 9.17) is 4.99 Å². The van der Waals surface area contributed by atoms with Gasteiger partial charge in [-0.1, -0.05) is 60.2 Å². The number of fused-ring (bicyclic) bond motifs is 1. The Labute approximate surface area is 160 Å². The maximum atomic E-state index is 13.2. The molecule has 0 spiro atoms. The molecule has 134 valence electrons. The van der Waals surface area contributed by atoms with E-state index in [1.54, 1.807) is 0 Å². The molecule has 4 rings (SSSR count). The van der Waals surface area contributed by atoms with Crippen LogP contribution in [0.25, 0.3) is 0 Å². The van der Waals surface area contributed by atoms with Crippen LogP contribution in [0.5, 0.6) is 0 Å². The predicted octanol–water partition coefficient (Wildman–Crippen LogP) is 5.09. The lowest BCUT2D eigenvalue weighted by atomic mass is 9.66. The van der Waals surface area contributed by atoms with E-state index in [9.17, 15) is 10.1 Å². The average molecular weight is 354 g/mol. The van der Waals surface area contributed by atoms with Gasteiger partial charge in [-0.15, -0.1) is 0 Å². The predicted molar refractivity (Wildman–Crippen MR) is 107 cm³/mol. The fraction of sp³-hybridized carbons (Fsp3) is 0.292. The summed E-state index contributed by atoms with van der Waals surface area (Å²) in [6.07, 6.45) is 1.28. The SMILES string of the molecule is CC1=C(C#N)[C@@H](c2ccc(C)cc2)[C@H]2C(=O)C[C@H](c3ccccc3)CC2=N1. The molecule has 0 amide bonds. The van der Waals surface area contributed by atoms with E-state index >= 15 is 0 Å². The molecule has 0 N–H and O–H groups in total. The fourth-order valence-electron chi connectivity index (χ4n) is 4.41. The molecule has 27 heavy (non-hydrogen) atoms. The number of nitrogens with zero attached hydrogens (tertiary/aromatic N) is 2. The molecule has 0 bridgehead atoms. The third-order valence-corrected chi connectivity index (χ3v) is 5.78. The Hall–Kier alpha value is -2.99. The van der Waals surface area contributed by atoms with Gasteiger partial charge in [0.25, 0.3) is 0 Å². The van der Waals surface area contributed by atoms with Crippen molar-refractivity contribution in [1.29, 1.82) is 5.26 Å². The normalized spacial score (nSPS) is 24.9. The first-order valence-corrected chi connectivity index (χ1v) is 9.41. The number of hydrogen-bond donors (Lipinski definition) is 0. The first kappa shape index (κ1) is 17.4. The van der Waals surface area contributed by atoms with Gasteiger partial charge >= 0.3 is 0 Å². The monoisotopic (exact) mass is 354 g/mol. The van der Waals surface area contributed by atoms with Crippen LogP contribution in [0.3, 0.4) is 0 Å². The molecule has 2 aromatic carbocycles. The standard InChI is InChI=1S/C24H22N2O/c1-15-8-10-18(11-9-15)23-20(14-25)16(2)26-21-12-19(13-22(27)24(21)23)17-6-4-3-5-7-17/h3-11,19,23-24H,12-13H2,1-2H3/t19-,23-,24-/m1/s1. The minimum atomic E-state index is -0.314. The highest BCUT2D eigenvalue weighted by molar-refractivity contribution is 6.10. The molecule has 0 saturated heterocycles. The summed E-state index contributed by atoms with van der Waals surface area (Å²) >= 11 is 0. The number of nitriles is 1. The fourth-order valence-corrected chi connectivity index (χ4v) is 4.41. The zero-order valence-electron chi connectivity index (χ0n) is 15.6.